The van der Waals surface area contributed by atoms with Crippen molar-refractivity contribution in [3.8, 4) is 5.75 Å². The van der Waals surface area contributed by atoms with Gasteiger partial charge in [0.25, 0.3) is 0 Å². The Labute approximate surface area is 172 Å². The third kappa shape index (κ3) is 6.21. The maximum atomic E-state index is 12.7. The molecule has 152 valence electrons. The predicted octanol–water partition coefficient (Wildman–Crippen LogP) is 3.48. The molecule has 1 saturated heterocycles. The largest absolute Gasteiger partial charge is 0.492 e. The lowest BCUT2D eigenvalue weighted by molar-refractivity contribution is -0.138. The van der Waals surface area contributed by atoms with E-state index in [0.717, 1.165) is 11.3 Å². The second kappa shape index (κ2) is 10.5. The highest BCUT2D eigenvalue weighted by molar-refractivity contribution is 5.92. The fraction of sp³-hybridized carbons (Fsp3) is 0.333. The van der Waals surface area contributed by atoms with Crippen molar-refractivity contribution in [3.63, 3.8) is 0 Å². The topological polar surface area (TPSA) is 49.9 Å². The number of hydrogen-bond donors (Lipinski definition) is 0. The number of hydrogen-bond acceptors (Lipinski definition) is 3. The summed E-state index contributed by atoms with van der Waals surface area (Å²) < 4.78 is 5.67. The van der Waals surface area contributed by atoms with E-state index in [9.17, 15) is 9.59 Å². The van der Waals surface area contributed by atoms with Gasteiger partial charge in [0.05, 0.1) is 6.54 Å². The van der Waals surface area contributed by atoms with Gasteiger partial charge in [-0.25, -0.2) is 0 Å². The molecule has 0 saturated carbocycles. The van der Waals surface area contributed by atoms with Crippen molar-refractivity contribution in [1.29, 1.82) is 0 Å². The molecule has 3 rings (SSSR count). The van der Waals surface area contributed by atoms with Crippen molar-refractivity contribution < 1.29 is 14.3 Å². The van der Waals surface area contributed by atoms with E-state index in [1.165, 1.54) is 0 Å². The van der Waals surface area contributed by atoms with Gasteiger partial charge in [0, 0.05) is 32.1 Å². The zero-order valence-electron chi connectivity index (χ0n) is 16.9. The standard InChI is InChI=1S/C24H28N2O3/c1-25(18-19-29-22-10-6-3-7-11-22)24(28)21-14-16-26(17-15-21)23(27)13-12-20-8-4-2-5-9-20/h2-13,21H,14-19H2,1H3/b13-12+. The molecule has 1 aliphatic heterocycles. The normalized spacial score (nSPS) is 14.7. The van der Waals surface area contributed by atoms with Crippen LogP contribution in [0.4, 0.5) is 0 Å². The van der Waals surface area contributed by atoms with Crippen LogP contribution in [0.15, 0.2) is 66.7 Å². The van der Waals surface area contributed by atoms with Crippen molar-refractivity contribution in [3.05, 3.63) is 72.3 Å². The van der Waals surface area contributed by atoms with Crippen molar-refractivity contribution in [1.82, 2.24) is 9.80 Å². The van der Waals surface area contributed by atoms with Gasteiger partial charge in [-0.05, 0) is 36.6 Å². The molecule has 0 atom stereocenters. The van der Waals surface area contributed by atoms with Gasteiger partial charge in [0.1, 0.15) is 12.4 Å². The lowest BCUT2D eigenvalue weighted by Crippen LogP contribution is -2.43. The van der Waals surface area contributed by atoms with Crippen LogP contribution in [-0.2, 0) is 9.59 Å². The fourth-order valence-corrected chi connectivity index (χ4v) is 3.42. The molecule has 0 aromatic heterocycles. The average Bonchev–Trinajstić information content (AvgIpc) is 2.78. The molecule has 0 aliphatic carbocycles. The molecule has 0 N–H and O–H groups in total. The predicted molar refractivity (Wildman–Crippen MR) is 114 cm³/mol. The van der Waals surface area contributed by atoms with Gasteiger partial charge >= 0.3 is 0 Å². The number of amides is 2. The van der Waals surface area contributed by atoms with Crippen LogP contribution in [0.25, 0.3) is 6.08 Å². The van der Waals surface area contributed by atoms with E-state index in [0.29, 0.717) is 39.1 Å². The number of rotatable bonds is 7. The first-order valence-electron chi connectivity index (χ1n) is 10.1. The number of piperidine rings is 1. The van der Waals surface area contributed by atoms with E-state index < -0.39 is 0 Å². The first kappa shape index (κ1) is 20.6. The minimum Gasteiger partial charge on any atom is -0.492 e. The maximum absolute atomic E-state index is 12.7. The SMILES string of the molecule is CN(CCOc1ccccc1)C(=O)C1CCN(C(=O)/C=C/c2ccccc2)CC1. The van der Waals surface area contributed by atoms with E-state index in [1.54, 1.807) is 11.0 Å². The maximum Gasteiger partial charge on any atom is 0.246 e. The molecule has 0 bridgehead atoms. The third-order valence-electron chi connectivity index (χ3n) is 5.19. The summed E-state index contributed by atoms with van der Waals surface area (Å²) >= 11 is 0. The molecule has 1 heterocycles. The molecular formula is C24H28N2O3. The Hall–Kier alpha value is -3.08. The smallest absolute Gasteiger partial charge is 0.246 e. The van der Waals surface area contributed by atoms with Crippen molar-refractivity contribution in [2.45, 2.75) is 12.8 Å². The molecule has 1 fully saturated rings. The first-order chi connectivity index (χ1) is 14.1. The van der Waals surface area contributed by atoms with E-state index in [-0.39, 0.29) is 17.7 Å². The number of benzene rings is 2. The van der Waals surface area contributed by atoms with Gasteiger partial charge in [-0.15, -0.1) is 0 Å². The van der Waals surface area contributed by atoms with Crippen molar-refractivity contribution >= 4 is 17.9 Å². The number of para-hydroxylation sites is 1. The molecule has 29 heavy (non-hydrogen) atoms. The van der Waals surface area contributed by atoms with Gasteiger partial charge in [0.15, 0.2) is 0 Å². The van der Waals surface area contributed by atoms with Crippen LogP contribution in [0.3, 0.4) is 0 Å². The second-order valence-corrected chi connectivity index (χ2v) is 7.26. The fourth-order valence-electron chi connectivity index (χ4n) is 3.42. The summed E-state index contributed by atoms with van der Waals surface area (Å²) in [4.78, 5) is 28.6. The number of likely N-dealkylation sites (N-methyl/N-ethyl adjacent to an activating group) is 1. The Morgan fingerprint density at radius 2 is 1.66 bits per heavy atom. The highest BCUT2D eigenvalue weighted by atomic mass is 16.5. The zero-order valence-corrected chi connectivity index (χ0v) is 16.9. The first-order valence-corrected chi connectivity index (χ1v) is 10.1. The monoisotopic (exact) mass is 392 g/mol. The molecule has 2 amide bonds. The molecule has 0 unspecified atom stereocenters. The summed E-state index contributed by atoms with van der Waals surface area (Å²) in [6, 6.07) is 19.4. The lowest BCUT2D eigenvalue weighted by Gasteiger charge is -2.32. The quantitative estimate of drug-likeness (QED) is 0.678. The number of carbonyl (C=O) groups is 2. The van der Waals surface area contributed by atoms with E-state index in [4.69, 9.17) is 4.74 Å². The van der Waals surface area contributed by atoms with Crippen molar-refractivity contribution in [2.24, 2.45) is 5.92 Å². The van der Waals surface area contributed by atoms with Crippen LogP contribution in [-0.4, -0.2) is 54.9 Å². The highest BCUT2D eigenvalue weighted by Gasteiger charge is 2.28. The highest BCUT2D eigenvalue weighted by Crippen LogP contribution is 2.20. The second-order valence-electron chi connectivity index (χ2n) is 7.26. The molecule has 2 aromatic carbocycles. The molecular weight excluding hydrogens is 364 g/mol. The van der Waals surface area contributed by atoms with Crippen molar-refractivity contribution in [2.75, 3.05) is 33.3 Å². The van der Waals surface area contributed by atoms with E-state index in [1.807, 2.05) is 78.7 Å². The summed E-state index contributed by atoms with van der Waals surface area (Å²) in [6.07, 6.45) is 4.85. The Bertz CT molecular complexity index is 813. The lowest BCUT2D eigenvalue weighted by atomic mass is 9.95. The van der Waals surface area contributed by atoms with Gasteiger partial charge in [-0.1, -0.05) is 48.5 Å². The third-order valence-corrected chi connectivity index (χ3v) is 5.19. The molecule has 5 heteroatoms. The van der Waals surface area contributed by atoms with E-state index >= 15 is 0 Å². The van der Waals surface area contributed by atoms with Crippen LogP contribution in [0.2, 0.25) is 0 Å². The van der Waals surface area contributed by atoms with Crippen LogP contribution in [0, 0.1) is 5.92 Å². The summed E-state index contributed by atoms with van der Waals surface area (Å²) in [5.41, 5.74) is 1.00. The zero-order chi connectivity index (χ0) is 20.5. The number of ether oxygens (including phenoxy) is 1. The molecule has 1 aliphatic rings. The minimum absolute atomic E-state index is 0.00404. The number of carbonyl (C=O) groups excluding carboxylic acids is 2. The Morgan fingerprint density at radius 1 is 1.03 bits per heavy atom. The summed E-state index contributed by atoms with van der Waals surface area (Å²) in [7, 11) is 1.82. The molecule has 2 aromatic rings. The minimum atomic E-state index is -0.0288. The Morgan fingerprint density at radius 3 is 2.31 bits per heavy atom. The van der Waals surface area contributed by atoms with Gasteiger partial charge < -0.3 is 14.5 Å². The van der Waals surface area contributed by atoms with E-state index in [2.05, 4.69) is 0 Å². The molecule has 5 nitrogen and oxygen atoms in total. The number of nitrogens with zero attached hydrogens (tertiary/aromatic N) is 2. The van der Waals surface area contributed by atoms with Crippen LogP contribution >= 0.6 is 0 Å². The van der Waals surface area contributed by atoms with Gasteiger partial charge in [-0.3, -0.25) is 9.59 Å². The van der Waals surface area contributed by atoms with Crippen LogP contribution in [0.5, 0.6) is 5.75 Å². The van der Waals surface area contributed by atoms with Crippen LogP contribution < -0.4 is 4.74 Å². The summed E-state index contributed by atoms with van der Waals surface area (Å²) in [5, 5.41) is 0. The van der Waals surface area contributed by atoms with Gasteiger partial charge in [0.2, 0.25) is 11.8 Å². The number of likely N-dealkylation sites (tertiary alicyclic amines) is 1. The van der Waals surface area contributed by atoms with Gasteiger partial charge in [-0.2, -0.15) is 0 Å². The summed E-state index contributed by atoms with van der Waals surface area (Å²) in [5.74, 6) is 0.917. The Balaban J connectivity index is 1.40. The summed E-state index contributed by atoms with van der Waals surface area (Å²) in [6.45, 7) is 2.24. The molecule has 0 spiro atoms. The van der Waals surface area contributed by atoms with Crippen LogP contribution in [0.1, 0.15) is 18.4 Å². The average molecular weight is 392 g/mol. The molecule has 0 radical (unpaired) electrons. The Kier molecular flexibility index (Phi) is 7.45.